The van der Waals surface area contributed by atoms with Gasteiger partial charge in [-0.1, -0.05) is 42.5 Å². The molecule has 1 saturated heterocycles. The average Bonchev–Trinajstić information content (AvgIpc) is 3.27. The van der Waals surface area contributed by atoms with Crippen LogP contribution in [0.2, 0.25) is 0 Å². The molecule has 162 valence electrons. The minimum absolute atomic E-state index is 0.0858. The van der Waals surface area contributed by atoms with Gasteiger partial charge in [0.05, 0.1) is 0 Å². The fourth-order valence-electron chi connectivity index (χ4n) is 4.41. The van der Waals surface area contributed by atoms with Crippen LogP contribution in [-0.4, -0.2) is 43.3 Å². The van der Waals surface area contributed by atoms with E-state index in [-0.39, 0.29) is 18.6 Å². The first-order valence-electron chi connectivity index (χ1n) is 11.1. The summed E-state index contributed by atoms with van der Waals surface area (Å²) in [5, 5.41) is 18.1. The summed E-state index contributed by atoms with van der Waals surface area (Å²) < 4.78 is 0. The first-order valence-corrected chi connectivity index (χ1v) is 11.1. The smallest absolute Gasteiger partial charge is 0.251 e. The molecule has 0 saturated carbocycles. The molecule has 0 aromatic heterocycles. The van der Waals surface area contributed by atoms with Gasteiger partial charge in [-0.25, -0.2) is 0 Å². The van der Waals surface area contributed by atoms with Crippen LogP contribution in [0, 0.1) is 0 Å². The number of aliphatic hydroxyl groups excluding tert-OH is 1. The van der Waals surface area contributed by atoms with Gasteiger partial charge in [0.1, 0.15) is 0 Å². The summed E-state index contributed by atoms with van der Waals surface area (Å²) in [5.41, 5.74) is 3.14. The number of nitrogens with one attached hydrogen (secondary N) is 2. The lowest BCUT2D eigenvalue weighted by Crippen LogP contribution is -2.34. The van der Waals surface area contributed by atoms with Gasteiger partial charge in [-0.05, 0) is 60.4 Å². The van der Waals surface area contributed by atoms with Gasteiger partial charge in [0.15, 0.2) is 0 Å². The summed E-state index contributed by atoms with van der Waals surface area (Å²) in [7, 11) is 0. The summed E-state index contributed by atoms with van der Waals surface area (Å²) in [6, 6.07) is 23.6. The Morgan fingerprint density at radius 2 is 1.87 bits per heavy atom. The van der Waals surface area contributed by atoms with Gasteiger partial charge in [-0.3, -0.25) is 4.79 Å². The Balaban J connectivity index is 1.35. The SMILES string of the molecule is C[C@@H](N[C@H]1CCN(c2ccc(C(=O)NCCCO)cc2)C1)c1cccc2ccccc12. The monoisotopic (exact) mass is 417 g/mol. The molecule has 5 nitrogen and oxygen atoms in total. The normalized spacial score (nSPS) is 17.1. The van der Waals surface area contributed by atoms with E-state index in [9.17, 15) is 4.79 Å². The molecule has 0 bridgehead atoms. The molecule has 3 N–H and O–H groups in total. The second-order valence-corrected chi connectivity index (χ2v) is 8.27. The standard InChI is InChI=1S/C26H31N3O2/c1-19(24-9-4-7-20-6-2-3-8-25(20)24)28-22-14-16-29(18-22)23-12-10-21(11-13-23)26(31)27-15-5-17-30/h2-4,6-13,19,22,28,30H,5,14-18H2,1H3,(H,27,31)/t19-,22+/m1/s1. The molecular weight excluding hydrogens is 386 g/mol. The minimum Gasteiger partial charge on any atom is -0.396 e. The molecule has 0 spiro atoms. The Bertz CT molecular complexity index is 1010. The highest BCUT2D eigenvalue weighted by atomic mass is 16.3. The van der Waals surface area contributed by atoms with E-state index < -0.39 is 0 Å². The molecule has 1 fully saturated rings. The molecule has 3 aromatic carbocycles. The predicted octanol–water partition coefficient (Wildman–Crippen LogP) is 3.88. The molecule has 0 radical (unpaired) electrons. The minimum atomic E-state index is -0.0927. The Hall–Kier alpha value is -2.89. The molecule has 1 aliphatic rings. The number of hydrogen-bond donors (Lipinski definition) is 3. The fraction of sp³-hybridized carbons (Fsp3) is 0.346. The maximum atomic E-state index is 12.1. The molecule has 3 aromatic rings. The number of nitrogens with zero attached hydrogens (tertiary/aromatic N) is 1. The van der Waals surface area contributed by atoms with Gasteiger partial charge < -0.3 is 20.6 Å². The Morgan fingerprint density at radius 1 is 1.10 bits per heavy atom. The van der Waals surface area contributed by atoms with Crippen molar-refractivity contribution in [2.45, 2.75) is 31.8 Å². The Morgan fingerprint density at radius 3 is 2.68 bits per heavy atom. The number of aliphatic hydroxyl groups is 1. The van der Waals surface area contributed by atoms with Crippen LogP contribution in [0.3, 0.4) is 0 Å². The van der Waals surface area contributed by atoms with Crippen LogP contribution < -0.4 is 15.5 Å². The summed E-state index contributed by atoms with van der Waals surface area (Å²) >= 11 is 0. The van der Waals surface area contributed by atoms with Gasteiger partial charge in [0, 0.05) is 49.6 Å². The number of fused-ring (bicyclic) bond motifs is 1. The summed E-state index contributed by atoms with van der Waals surface area (Å²) in [6.45, 7) is 4.78. The number of carbonyl (C=O) groups excluding carboxylic acids is 1. The topological polar surface area (TPSA) is 64.6 Å². The highest BCUT2D eigenvalue weighted by Gasteiger charge is 2.24. The molecule has 1 heterocycles. The molecule has 4 rings (SSSR count). The van der Waals surface area contributed by atoms with Gasteiger partial charge >= 0.3 is 0 Å². The predicted molar refractivity (Wildman–Crippen MR) is 127 cm³/mol. The summed E-state index contributed by atoms with van der Waals surface area (Å²) in [4.78, 5) is 14.5. The highest BCUT2D eigenvalue weighted by Crippen LogP contribution is 2.26. The zero-order valence-corrected chi connectivity index (χ0v) is 18.1. The van der Waals surface area contributed by atoms with Gasteiger partial charge in [0.2, 0.25) is 0 Å². The number of rotatable bonds is 8. The van der Waals surface area contributed by atoms with Crippen molar-refractivity contribution in [3.8, 4) is 0 Å². The fourth-order valence-corrected chi connectivity index (χ4v) is 4.41. The lowest BCUT2D eigenvalue weighted by molar-refractivity contribution is 0.0951. The van der Waals surface area contributed by atoms with E-state index in [1.165, 1.54) is 16.3 Å². The van der Waals surface area contributed by atoms with Crippen molar-refractivity contribution in [1.82, 2.24) is 10.6 Å². The van der Waals surface area contributed by atoms with Crippen LogP contribution in [0.15, 0.2) is 66.7 Å². The maximum Gasteiger partial charge on any atom is 0.251 e. The van der Waals surface area contributed by atoms with Crippen LogP contribution in [-0.2, 0) is 0 Å². The van der Waals surface area contributed by atoms with E-state index in [2.05, 4.69) is 64.9 Å². The van der Waals surface area contributed by atoms with Crippen LogP contribution in [0.4, 0.5) is 5.69 Å². The van der Waals surface area contributed by atoms with E-state index in [4.69, 9.17) is 5.11 Å². The zero-order chi connectivity index (χ0) is 21.6. The third kappa shape index (κ3) is 5.06. The number of hydrogen-bond acceptors (Lipinski definition) is 4. The quantitative estimate of drug-likeness (QED) is 0.487. The van der Waals surface area contributed by atoms with Gasteiger partial charge in [-0.15, -0.1) is 0 Å². The van der Waals surface area contributed by atoms with Crippen LogP contribution in [0.25, 0.3) is 10.8 Å². The van der Waals surface area contributed by atoms with Gasteiger partial charge in [0.25, 0.3) is 5.91 Å². The lowest BCUT2D eigenvalue weighted by Gasteiger charge is -2.23. The van der Waals surface area contributed by atoms with Gasteiger partial charge in [-0.2, -0.15) is 0 Å². The molecule has 1 aliphatic heterocycles. The van der Waals surface area contributed by atoms with E-state index in [0.29, 0.717) is 24.6 Å². The zero-order valence-electron chi connectivity index (χ0n) is 18.1. The number of anilines is 1. The van der Waals surface area contributed by atoms with Crippen LogP contribution in [0.5, 0.6) is 0 Å². The van der Waals surface area contributed by atoms with Crippen LogP contribution >= 0.6 is 0 Å². The number of benzene rings is 3. The van der Waals surface area contributed by atoms with E-state index >= 15 is 0 Å². The van der Waals surface area contributed by atoms with Crippen molar-refractivity contribution in [2.75, 3.05) is 31.1 Å². The first-order chi connectivity index (χ1) is 15.2. The lowest BCUT2D eigenvalue weighted by atomic mass is 9.99. The van der Waals surface area contributed by atoms with Crippen LogP contribution in [0.1, 0.15) is 41.7 Å². The summed E-state index contributed by atoms with van der Waals surface area (Å²) in [5.74, 6) is -0.0927. The average molecular weight is 418 g/mol. The molecule has 2 atom stereocenters. The molecule has 0 aliphatic carbocycles. The molecular formula is C26H31N3O2. The molecule has 31 heavy (non-hydrogen) atoms. The van der Waals surface area contributed by atoms with Crippen molar-refractivity contribution >= 4 is 22.4 Å². The Labute approximate surface area is 184 Å². The largest absolute Gasteiger partial charge is 0.396 e. The third-order valence-corrected chi connectivity index (χ3v) is 6.08. The number of carbonyl (C=O) groups is 1. The second-order valence-electron chi connectivity index (χ2n) is 8.27. The number of amides is 1. The van der Waals surface area contributed by atoms with Crippen molar-refractivity contribution in [2.24, 2.45) is 0 Å². The maximum absolute atomic E-state index is 12.1. The van der Waals surface area contributed by atoms with E-state index in [1.54, 1.807) is 0 Å². The molecule has 5 heteroatoms. The second kappa shape index (κ2) is 9.94. The van der Waals surface area contributed by atoms with E-state index in [0.717, 1.165) is 25.2 Å². The third-order valence-electron chi connectivity index (χ3n) is 6.08. The van der Waals surface area contributed by atoms with Crippen molar-refractivity contribution in [1.29, 1.82) is 0 Å². The van der Waals surface area contributed by atoms with E-state index in [1.807, 2.05) is 24.3 Å². The molecule has 1 amide bonds. The molecule has 0 unspecified atom stereocenters. The van der Waals surface area contributed by atoms with Crippen molar-refractivity contribution in [3.05, 3.63) is 77.9 Å². The highest BCUT2D eigenvalue weighted by molar-refractivity contribution is 5.94. The summed E-state index contributed by atoms with van der Waals surface area (Å²) in [6.07, 6.45) is 1.67. The van der Waals surface area contributed by atoms with Crippen molar-refractivity contribution in [3.63, 3.8) is 0 Å². The Kier molecular flexibility index (Phi) is 6.85. The first kappa shape index (κ1) is 21.3. The van der Waals surface area contributed by atoms with Crippen molar-refractivity contribution < 1.29 is 9.90 Å².